The van der Waals surface area contributed by atoms with Gasteiger partial charge >= 0.3 is 0 Å². The average Bonchev–Trinajstić information content (AvgIpc) is 2.96. The number of hydrogen-bond acceptors (Lipinski definition) is 6. The van der Waals surface area contributed by atoms with E-state index < -0.39 is 5.91 Å². The van der Waals surface area contributed by atoms with Crippen molar-refractivity contribution in [3.05, 3.63) is 64.6 Å². The first-order chi connectivity index (χ1) is 13.9. The van der Waals surface area contributed by atoms with Gasteiger partial charge < -0.3 is 9.47 Å². The van der Waals surface area contributed by atoms with Gasteiger partial charge in [0.25, 0.3) is 11.8 Å². The van der Waals surface area contributed by atoms with E-state index in [0.29, 0.717) is 22.0 Å². The molecule has 29 heavy (non-hydrogen) atoms. The van der Waals surface area contributed by atoms with E-state index in [1.54, 1.807) is 49.6 Å². The topological polar surface area (TPSA) is 67.9 Å². The molecule has 0 aliphatic carbocycles. The lowest BCUT2D eigenvalue weighted by atomic mass is 10.2. The summed E-state index contributed by atoms with van der Waals surface area (Å²) in [5, 5.41) is 1.09. The zero-order valence-electron chi connectivity index (χ0n) is 16.2. The third kappa shape index (κ3) is 4.96. The van der Waals surface area contributed by atoms with E-state index in [1.165, 1.54) is 0 Å². The van der Waals surface area contributed by atoms with Crippen LogP contribution in [-0.2, 0) is 4.79 Å². The molecule has 1 aliphatic heterocycles. The zero-order valence-corrected chi connectivity index (χ0v) is 17.8. The van der Waals surface area contributed by atoms with Crippen molar-refractivity contribution < 1.29 is 19.1 Å². The van der Waals surface area contributed by atoms with Gasteiger partial charge in [-0.15, -0.1) is 0 Å². The third-order valence-corrected chi connectivity index (χ3v) is 5.19. The predicted octanol–water partition coefficient (Wildman–Crippen LogP) is 4.03. The first kappa shape index (κ1) is 20.9. The van der Waals surface area contributed by atoms with Gasteiger partial charge in [0.15, 0.2) is 15.8 Å². The Bertz CT molecular complexity index is 974. The van der Waals surface area contributed by atoms with Crippen LogP contribution in [-0.4, -0.2) is 34.4 Å². The first-order valence-corrected chi connectivity index (χ1v) is 10.1. The van der Waals surface area contributed by atoms with Crippen LogP contribution in [0.2, 0.25) is 0 Å². The van der Waals surface area contributed by atoms with E-state index in [4.69, 9.17) is 21.7 Å². The van der Waals surface area contributed by atoms with Crippen molar-refractivity contribution in [1.29, 1.82) is 0 Å². The van der Waals surface area contributed by atoms with Gasteiger partial charge in [-0.05, 0) is 62.0 Å². The van der Waals surface area contributed by atoms with Gasteiger partial charge in [0.05, 0.1) is 18.1 Å². The number of hydrazine groups is 1. The van der Waals surface area contributed by atoms with Crippen LogP contribution in [0.15, 0.2) is 53.4 Å². The van der Waals surface area contributed by atoms with E-state index in [-0.39, 0.29) is 16.3 Å². The molecule has 0 saturated carbocycles. The average molecular weight is 429 g/mol. The Morgan fingerprint density at radius 2 is 1.90 bits per heavy atom. The molecule has 6 nitrogen and oxygen atoms in total. The fraction of sp³-hybridized carbons (Fsp3) is 0.190. The molecule has 2 amide bonds. The largest absolute Gasteiger partial charge is 0.493 e. The lowest BCUT2D eigenvalue weighted by Crippen LogP contribution is -2.44. The van der Waals surface area contributed by atoms with E-state index in [2.05, 4.69) is 5.43 Å². The van der Waals surface area contributed by atoms with Gasteiger partial charge in [-0.3, -0.25) is 15.0 Å². The van der Waals surface area contributed by atoms with Gasteiger partial charge in [0.2, 0.25) is 0 Å². The smallest absolute Gasteiger partial charge is 0.285 e. The van der Waals surface area contributed by atoms with Crippen LogP contribution in [0.5, 0.6) is 11.5 Å². The molecule has 150 valence electrons. The summed E-state index contributed by atoms with van der Waals surface area (Å²) in [4.78, 5) is 25.5. The second-order valence-corrected chi connectivity index (χ2v) is 8.08. The maximum absolute atomic E-state index is 12.7. The highest BCUT2D eigenvalue weighted by Crippen LogP contribution is 2.34. The second kappa shape index (κ2) is 9.11. The van der Waals surface area contributed by atoms with E-state index in [1.807, 2.05) is 26.0 Å². The number of rotatable bonds is 6. The fourth-order valence-corrected chi connectivity index (χ4v) is 3.78. The first-order valence-electron chi connectivity index (χ1n) is 8.87. The summed E-state index contributed by atoms with van der Waals surface area (Å²) in [5.74, 6) is 0.411. The lowest BCUT2D eigenvalue weighted by Gasteiger charge is -2.15. The van der Waals surface area contributed by atoms with Gasteiger partial charge in [0.1, 0.15) is 0 Å². The summed E-state index contributed by atoms with van der Waals surface area (Å²) in [6.07, 6.45) is 1.72. The fourth-order valence-electron chi connectivity index (χ4n) is 2.60. The van der Waals surface area contributed by atoms with E-state index >= 15 is 0 Å². The van der Waals surface area contributed by atoms with Crippen LogP contribution in [0, 0.1) is 0 Å². The zero-order chi connectivity index (χ0) is 21.0. The van der Waals surface area contributed by atoms with E-state index in [0.717, 1.165) is 22.3 Å². The molecule has 0 radical (unpaired) electrons. The molecule has 1 saturated heterocycles. The van der Waals surface area contributed by atoms with Crippen molar-refractivity contribution in [2.45, 2.75) is 20.0 Å². The quantitative estimate of drug-likeness (QED) is 0.554. The number of amides is 2. The number of methoxy groups -OCH3 is 1. The molecule has 1 N–H and O–H groups in total. The predicted molar refractivity (Wildman–Crippen MR) is 118 cm³/mol. The number of nitrogens with zero attached hydrogens (tertiary/aromatic N) is 1. The van der Waals surface area contributed by atoms with Gasteiger partial charge in [-0.25, -0.2) is 0 Å². The van der Waals surface area contributed by atoms with Crippen LogP contribution in [0.25, 0.3) is 6.08 Å². The number of benzene rings is 2. The van der Waals surface area contributed by atoms with Crippen molar-refractivity contribution in [2.75, 3.05) is 7.11 Å². The summed E-state index contributed by atoms with van der Waals surface area (Å²) in [5.41, 5.74) is 3.76. The number of hydrogen-bond donors (Lipinski definition) is 1. The molecule has 0 bridgehead atoms. The molecular formula is C21H20N2O4S2. The number of carbonyl (C=O) groups is 2. The number of nitrogens with one attached hydrogen (secondary N) is 1. The lowest BCUT2D eigenvalue weighted by molar-refractivity contribution is -0.123. The van der Waals surface area contributed by atoms with E-state index in [9.17, 15) is 9.59 Å². The van der Waals surface area contributed by atoms with Crippen molar-refractivity contribution in [3.63, 3.8) is 0 Å². The van der Waals surface area contributed by atoms with Crippen molar-refractivity contribution in [2.24, 2.45) is 0 Å². The van der Waals surface area contributed by atoms with Crippen molar-refractivity contribution in [3.8, 4) is 11.5 Å². The summed E-state index contributed by atoms with van der Waals surface area (Å²) in [6, 6.07) is 14.0. The third-order valence-electron chi connectivity index (χ3n) is 3.89. The van der Waals surface area contributed by atoms with Crippen LogP contribution in [0.3, 0.4) is 0 Å². The number of thioether (sulfide) groups is 1. The standard InChI is InChI=1S/C21H20N2O4S2/c1-13(2)27-16-10-9-14(11-17(16)26-3)12-18-20(25)23(21(28)29-18)22-19(24)15-7-5-4-6-8-15/h4-13H,1-3H3,(H,22,24)/b18-12-. The second-order valence-electron chi connectivity index (χ2n) is 6.40. The molecule has 2 aromatic carbocycles. The van der Waals surface area contributed by atoms with Gasteiger partial charge in [-0.1, -0.05) is 36.0 Å². The number of thiocarbonyl (C=S) groups is 1. The summed E-state index contributed by atoms with van der Waals surface area (Å²) in [7, 11) is 1.56. The van der Waals surface area contributed by atoms with Crippen LogP contribution < -0.4 is 14.9 Å². The Morgan fingerprint density at radius 3 is 2.55 bits per heavy atom. The van der Waals surface area contributed by atoms with Crippen LogP contribution in [0.4, 0.5) is 0 Å². The Hall–Kier alpha value is -2.84. The monoisotopic (exact) mass is 428 g/mol. The Labute approximate surface area is 178 Å². The molecule has 1 aliphatic rings. The summed E-state index contributed by atoms with van der Waals surface area (Å²) < 4.78 is 11.4. The molecule has 1 heterocycles. The number of ether oxygens (including phenoxy) is 2. The minimum atomic E-state index is -0.403. The summed E-state index contributed by atoms with van der Waals surface area (Å²) in [6.45, 7) is 3.87. The molecule has 0 aromatic heterocycles. The highest BCUT2D eigenvalue weighted by atomic mass is 32.2. The molecule has 2 aromatic rings. The van der Waals surface area contributed by atoms with Gasteiger partial charge in [0, 0.05) is 5.56 Å². The van der Waals surface area contributed by atoms with Crippen molar-refractivity contribution in [1.82, 2.24) is 10.4 Å². The molecule has 0 spiro atoms. The maximum atomic E-state index is 12.7. The Kier molecular flexibility index (Phi) is 6.56. The number of carbonyl (C=O) groups excluding carboxylic acids is 2. The molecule has 1 fully saturated rings. The Morgan fingerprint density at radius 1 is 1.17 bits per heavy atom. The molecule has 3 rings (SSSR count). The molecular weight excluding hydrogens is 408 g/mol. The minimum absolute atomic E-state index is 0.0132. The normalized spacial score (nSPS) is 15.2. The SMILES string of the molecule is COc1cc(/C=C2\SC(=S)N(NC(=O)c3ccccc3)C2=O)ccc1OC(C)C. The van der Waals surface area contributed by atoms with Crippen LogP contribution >= 0.6 is 24.0 Å². The Balaban J connectivity index is 1.78. The van der Waals surface area contributed by atoms with Crippen molar-refractivity contribution >= 4 is 46.2 Å². The minimum Gasteiger partial charge on any atom is -0.493 e. The highest BCUT2D eigenvalue weighted by Gasteiger charge is 2.33. The maximum Gasteiger partial charge on any atom is 0.285 e. The molecule has 0 unspecified atom stereocenters. The van der Waals surface area contributed by atoms with Gasteiger partial charge in [-0.2, -0.15) is 5.01 Å². The molecule has 0 atom stereocenters. The highest BCUT2D eigenvalue weighted by molar-refractivity contribution is 8.26. The molecule has 8 heteroatoms. The van der Waals surface area contributed by atoms with Crippen LogP contribution in [0.1, 0.15) is 29.8 Å². The summed E-state index contributed by atoms with van der Waals surface area (Å²) >= 11 is 6.39.